The highest BCUT2D eigenvalue weighted by molar-refractivity contribution is 6.26. The first-order valence-electron chi connectivity index (χ1n) is 10.7. The molecule has 0 aliphatic carbocycles. The second kappa shape index (κ2) is 7.47. The van der Waals surface area contributed by atoms with Gasteiger partial charge in [0.1, 0.15) is 0 Å². The van der Waals surface area contributed by atoms with E-state index < -0.39 is 0 Å². The van der Waals surface area contributed by atoms with Gasteiger partial charge in [0.25, 0.3) is 0 Å². The Balaban J connectivity index is 1.75. The monoisotopic (exact) mass is 411 g/mol. The predicted molar refractivity (Wildman–Crippen MR) is 133 cm³/mol. The summed E-state index contributed by atoms with van der Waals surface area (Å²) in [5.41, 5.74) is 9.19. The molecule has 32 heavy (non-hydrogen) atoms. The van der Waals surface area contributed by atoms with Gasteiger partial charge in [-0.15, -0.1) is 0 Å². The van der Waals surface area contributed by atoms with E-state index in [-0.39, 0.29) is 0 Å². The Bertz CT molecular complexity index is 1510. The van der Waals surface area contributed by atoms with Gasteiger partial charge in [0.05, 0.1) is 22.8 Å². The van der Waals surface area contributed by atoms with E-state index in [1.807, 2.05) is 36.4 Å². The molecule has 0 saturated carbocycles. The number of benzene rings is 4. The van der Waals surface area contributed by atoms with Crippen LogP contribution in [-0.2, 0) is 7.05 Å². The van der Waals surface area contributed by atoms with Crippen molar-refractivity contribution in [1.82, 2.24) is 4.57 Å². The summed E-state index contributed by atoms with van der Waals surface area (Å²) in [7, 11) is 2.08. The van der Waals surface area contributed by atoms with Crippen molar-refractivity contribution in [3.8, 4) is 0 Å². The summed E-state index contributed by atoms with van der Waals surface area (Å²) in [6.07, 6.45) is 2.10. The Hall–Kier alpha value is -4.24. The van der Waals surface area contributed by atoms with Crippen LogP contribution in [0.5, 0.6) is 0 Å². The molecule has 1 aromatic heterocycles. The van der Waals surface area contributed by atoms with Crippen LogP contribution in [-0.4, -0.2) is 16.0 Å². The maximum atomic E-state index is 5.16. The van der Waals surface area contributed by atoms with Crippen molar-refractivity contribution >= 4 is 33.7 Å². The lowest BCUT2D eigenvalue weighted by Gasteiger charge is -2.19. The molecule has 0 atom stereocenters. The van der Waals surface area contributed by atoms with E-state index in [0.29, 0.717) is 0 Å². The van der Waals surface area contributed by atoms with Gasteiger partial charge < -0.3 is 4.57 Å². The standard InChI is InChI=1S/C29H21N3/c1-32-17-16-22-18-23-24(19-27(22)32)29(21-12-6-3-7-13-21)31-26-15-9-8-14-25(26)30-28(23)20-10-4-2-5-11-20/h2-19H,1H3. The first kappa shape index (κ1) is 18.5. The zero-order valence-corrected chi connectivity index (χ0v) is 17.7. The molecule has 3 heteroatoms. The minimum Gasteiger partial charge on any atom is -0.351 e. The second-order valence-electron chi connectivity index (χ2n) is 8.02. The number of hydrogen-bond acceptors (Lipinski definition) is 2. The van der Waals surface area contributed by atoms with Gasteiger partial charge in [0, 0.05) is 46.4 Å². The number of aryl methyl sites for hydroxylation is 1. The van der Waals surface area contributed by atoms with Crippen molar-refractivity contribution in [2.75, 3.05) is 0 Å². The van der Waals surface area contributed by atoms with Crippen molar-refractivity contribution in [2.24, 2.45) is 17.0 Å². The number of fused-ring (bicyclic) bond motifs is 3. The minimum atomic E-state index is 0.873. The van der Waals surface area contributed by atoms with E-state index in [9.17, 15) is 0 Å². The summed E-state index contributed by atoms with van der Waals surface area (Å²) in [6, 6.07) is 35.6. The maximum absolute atomic E-state index is 5.16. The van der Waals surface area contributed by atoms with Crippen LogP contribution in [0.2, 0.25) is 0 Å². The lowest BCUT2D eigenvalue weighted by molar-refractivity contribution is 0.969. The first-order chi connectivity index (χ1) is 15.8. The largest absolute Gasteiger partial charge is 0.351 e. The molecule has 1 aliphatic rings. The third kappa shape index (κ3) is 3.07. The van der Waals surface area contributed by atoms with Crippen molar-refractivity contribution in [1.29, 1.82) is 0 Å². The summed E-state index contributed by atoms with van der Waals surface area (Å²) in [5, 5.41) is 1.19. The molecule has 0 saturated heterocycles. The van der Waals surface area contributed by atoms with Gasteiger partial charge in [-0.2, -0.15) is 0 Å². The van der Waals surface area contributed by atoms with E-state index in [1.165, 1.54) is 10.9 Å². The fraction of sp³-hybridized carbons (Fsp3) is 0.0345. The molecule has 152 valence electrons. The van der Waals surface area contributed by atoms with Crippen LogP contribution in [0.15, 0.2) is 119 Å². The fourth-order valence-corrected chi connectivity index (χ4v) is 4.35. The van der Waals surface area contributed by atoms with Crippen molar-refractivity contribution in [3.05, 3.63) is 132 Å². The van der Waals surface area contributed by atoms with Crippen LogP contribution < -0.4 is 0 Å². The van der Waals surface area contributed by atoms with Crippen molar-refractivity contribution in [3.63, 3.8) is 0 Å². The number of aliphatic imine (C=N–C) groups is 2. The third-order valence-corrected chi connectivity index (χ3v) is 5.98. The molecule has 3 nitrogen and oxygen atoms in total. The number of hydrogen-bond donors (Lipinski definition) is 0. The highest BCUT2D eigenvalue weighted by atomic mass is 14.9. The molecule has 0 bridgehead atoms. The van der Waals surface area contributed by atoms with E-state index in [2.05, 4.69) is 84.5 Å². The van der Waals surface area contributed by atoms with Gasteiger partial charge in [0.2, 0.25) is 0 Å². The van der Waals surface area contributed by atoms with Crippen LogP contribution >= 0.6 is 0 Å². The van der Waals surface area contributed by atoms with Gasteiger partial charge in [-0.05, 0) is 30.3 Å². The Morgan fingerprint density at radius 3 is 1.62 bits per heavy atom. The molecule has 2 heterocycles. The minimum absolute atomic E-state index is 0.873. The fourth-order valence-electron chi connectivity index (χ4n) is 4.35. The van der Waals surface area contributed by atoms with Gasteiger partial charge in [-0.25, -0.2) is 9.98 Å². The normalized spacial score (nSPS) is 12.9. The van der Waals surface area contributed by atoms with Crippen LogP contribution in [0.25, 0.3) is 10.9 Å². The van der Waals surface area contributed by atoms with Gasteiger partial charge in [0.15, 0.2) is 0 Å². The maximum Gasteiger partial charge on any atom is 0.0894 e. The zero-order valence-electron chi connectivity index (χ0n) is 17.7. The Labute approximate surface area is 187 Å². The van der Waals surface area contributed by atoms with E-state index in [0.717, 1.165) is 45.1 Å². The highest BCUT2D eigenvalue weighted by Crippen LogP contribution is 2.35. The van der Waals surface area contributed by atoms with E-state index >= 15 is 0 Å². The van der Waals surface area contributed by atoms with Gasteiger partial charge >= 0.3 is 0 Å². The van der Waals surface area contributed by atoms with Crippen LogP contribution in [0.3, 0.4) is 0 Å². The molecule has 5 aromatic rings. The number of nitrogens with zero attached hydrogens (tertiary/aromatic N) is 3. The Morgan fingerprint density at radius 2 is 1.06 bits per heavy atom. The summed E-state index contributed by atoms with van der Waals surface area (Å²) >= 11 is 0. The average molecular weight is 412 g/mol. The summed E-state index contributed by atoms with van der Waals surface area (Å²) < 4.78 is 2.16. The summed E-state index contributed by atoms with van der Waals surface area (Å²) in [6.45, 7) is 0. The molecule has 6 rings (SSSR count). The molecule has 4 aromatic carbocycles. The van der Waals surface area contributed by atoms with Crippen molar-refractivity contribution in [2.45, 2.75) is 0 Å². The Kier molecular flexibility index (Phi) is 4.32. The summed E-state index contributed by atoms with van der Waals surface area (Å²) in [4.78, 5) is 10.3. The summed E-state index contributed by atoms with van der Waals surface area (Å²) in [5.74, 6) is 0. The van der Waals surface area contributed by atoms with Crippen LogP contribution in [0, 0.1) is 0 Å². The quantitative estimate of drug-likeness (QED) is 0.299. The molecule has 0 spiro atoms. The lowest BCUT2D eigenvalue weighted by Crippen LogP contribution is -2.14. The predicted octanol–water partition coefficient (Wildman–Crippen LogP) is 6.83. The van der Waals surface area contributed by atoms with Gasteiger partial charge in [-0.1, -0.05) is 72.8 Å². The molecule has 0 fully saturated rings. The number of rotatable bonds is 2. The zero-order chi connectivity index (χ0) is 21.5. The Morgan fingerprint density at radius 1 is 0.562 bits per heavy atom. The molecule has 0 amide bonds. The molecular weight excluding hydrogens is 390 g/mol. The molecule has 0 N–H and O–H groups in total. The lowest BCUT2D eigenvalue weighted by atomic mass is 9.90. The molecule has 0 unspecified atom stereocenters. The topological polar surface area (TPSA) is 29.6 Å². The van der Waals surface area contributed by atoms with Crippen LogP contribution in [0.4, 0.5) is 11.4 Å². The van der Waals surface area contributed by atoms with Gasteiger partial charge in [-0.3, -0.25) is 0 Å². The first-order valence-corrected chi connectivity index (χ1v) is 10.7. The van der Waals surface area contributed by atoms with Crippen molar-refractivity contribution < 1.29 is 0 Å². The van der Waals surface area contributed by atoms with Crippen LogP contribution in [0.1, 0.15) is 22.3 Å². The molecular formula is C29H21N3. The smallest absolute Gasteiger partial charge is 0.0894 e. The SMILES string of the molecule is Cn1ccc2cc3c(cc21)C(c1ccccc1)=Nc1ccccc1N=C3c1ccccc1. The molecule has 1 aliphatic heterocycles. The number of aromatic nitrogens is 1. The third-order valence-electron chi connectivity index (χ3n) is 5.98. The number of para-hydroxylation sites is 2. The van der Waals surface area contributed by atoms with E-state index in [4.69, 9.17) is 9.98 Å². The average Bonchev–Trinajstić information content (AvgIpc) is 3.20. The van der Waals surface area contributed by atoms with E-state index in [1.54, 1.807) is 0 Å². The molecule has 0 radical (unpaired) electrons. The second-order valence-corrected chi connectivity index (χ2v) is 8.02. The highest BCUT2D eigenvalue weighted by Gasteiger charge is 2.22.